The molecule has 0 aliphatic rings. The van der Waals surface area contributed by atoms with Crippen LogP contribution < -0.4 is 5.73 Å². The molecule has 1 rings (SSSR count). The SMILES string of the molecule is COCCCC#Cc1cccc(N)c1. The van der Waals surface area contributed by atoms with Crippen LogP contribution in [0.1, 0.15) is 18.4 Å². The number of rotatable bonds is 3. The van der Waals surface area contributed by atoms with Gasteiger partial charge in [0.05, 0.1) is 0 Å². The van der Waals surface area contributed by atoms with Gasteiger partial charge in [-0.25, -0.2) is 0 Å². The van der Waals surface area contributed by atoms with Crippen molar-refractivity contribution in [1.29, 1.82) is 0 Å². The van der Waals surface area contributed by atoms with Crippen LogP contribution in [0.15, 0.2) is 24.3 Å². The quantitative estimate of drug-likeness (QED) is 0.448. The number of methoxy groups -OCH3 is 1. The third-order valence-electron chi connectivity index (χ3n) is 1.77. The summed E-state index contributed by atoms with van der Waals surface area (Å²) >= 11 is 0. The number of nitrogen functional groups attached to an aromatic ring is 1. The summed E-state index contributed by atoms with van der Waals surface area (Å²) in [4.78, 5) is 0. The lowest BCUT2D eigenvalue weighted by Crippen LogP contribution is -1.86. The lowest BCUT2D eigenvalue weighted by Gasteiger charge is -1.93. The van der Waals surface area contributed by atoms with E-state index in [1.165, 1.54) is 0 Å². The van der Waals surface area contributed by atoms with Gasteiger partial charge in [-0.05, 0) is 24.6 Å². The molecular weight excluding hydrogens is 174 g/mol. The largest absolute Gasteiger partial charge is 0.399 e. The molecule has 0 amide bonds. The van der Waals surface area contributed by atoms with Crippen molar-refractivity contribution < 1.29 is 4.74 Å². The van der Waals surface area contributed by atoms with Crippen LogP contribution in [0.25, 0.3) is 0 Å². The third kappa shape index (κ3) is 3.97. The predicted molar refractivity (Wildman–Crippen MR) is 58.8 cm³/mol. The van der Waals surface area contributed by atoms with Gasteiger partial charge in [0.1, 0.15) is 0 Å². The number of hydrogen-bond donors (Lipinski definition) is 1. The van der Waals surface area contributed by atoms with Gasteiger partial charge in [0, 0.05) is 31.4 Å². The molecule has 2 nitrogen and oxygen atoms in total. The summed E-state index contributed by atoms with van der Waals surface area (Å²) in [6.07, 6.45) is 1.84. The van der Waals surface area contributed by atoms with E-state index in [9.17, 15) is 0 Å². The molecule has 0 fully saturated rings. The summed E-state index contributed by atoms with van der Waals surface area (Å²) in [6.45, 7) is 0.769. The Kier molecular flexibility index (Phi) is 4.60. The van der Waals surface area contributed by atoms with Crippen LogP contribution in [0, 0.1) is 11.8 Å². The van der Waals surface area contributed by atoms with Crippen molar-refractivity contribution in [2.45, 2.75) is 12.8 Å². The Morgan fingerprint density at radius 1 is 1.43 bits per heavy atom. The van der Waals surface area contributed by atoms with Crippen LogP contribution in [0.5, 0.6) is 0 Å². The second kappa shape index (κ2) is 6.06. The van der Waals surface area contributed by atoms with Crippen LogP contribution in [0.3, 0.4) is 0 Å². The van der Waals surface area contributed by atoms with Crippen molar-refractivity contribution in [1.82, 2.24) is 0 Å². The summed E-state index contributed by atoms with van der Waals surface area (Å²) in [7, 11) is 1.70. The standard InChI is InChI=1S/C12H15NO/c1-14-9-4-2-3-6-11-7-5-8-12(13)10-11/h5,7-8,10H,2,4,9,13H2,1H3. The third-order valence-corrected chi connectivity index (χ3v) is 1.77. The average Bonchev–Trinajstić information content (AvgIpc) is 2.18. The molecule has 0 saturated heterocycles. The van der Waals surface area contributed by atoms with Crippen LogP contribution in [0.2, 0.25) is 0 Å². The molecule has 2 N–H and O–H groups in total. The molecule has 0 spiro atoms. The molecule has 0 aromatic heterocycles. The maximum absolute atomic E-state index is 5.62. The van der Waals surface area contributed by atoms with Crippen molar-refractivity contribution >= 4 is 5.69 Å². The first-order valence-electron chi connectivity index (χ1n) is 4.66. The number of anilines is 1. The molecule has 1 aromatic rings. The van der Waals surface area contributed by atoms with E-state index in [4.69, 9.17) is 10.5 Å². The molecule has 0 unspecified atom stereocenters. The summed E-state index contributed by atoms with van der Waals surface area (Å²) in [5, 5.41) is 0. The van der Waals surface area contributed by atoms with Gasteiger partial charge in [-0.15, -0.1) is 0 Å². The van der Waals surface area contributed by atoms with Gasteiger partial charge < -0.3 is 10.5 Å². The molecule has 0 aliphatic heterocycles. The summed E-state index contributed by atoms with van der Waals surface area (Å²) in [5.41, 5.74) is 7.36. The number of unbranched alkanes of at least 4 members (excludes halogenated alkanes) is 1. The topological polar surface area (TPSA) is 35.2 Å². The lowest BCUT2D eigenvalue weighted by atomic mass is 10.2. The van der Waals surface area contributed by atoms with E-state index in [0.29, 0.717) is 0 Å². The second-order valence-corrected chi connectivity index (χ2v) is 3.02. The molecule has 0 aliphatic carbocycles. The van der Waals surface area contributed by atoms with Crippen LogP contribution in [-0.4, -0.2) is 13.7 Å². The Bertz CT molecular complexity index is 336. The minimum atomic E-state index is 0.758. The molecule has 0 heterocycles. The van der Waals surface area contributed by atoms with E-state index in [2.05, 4.69) is 11.8 Å². The van der Waals surface area contributed by atoms with Crippen LogP contribution in [-0.2, 0) is 4.74 Å². The number of nitrogens with two attached hydrogens (primary N) is 1. The first kappa shape index (κ1) is 10.6. The maximum Gasteiger partial charge on any atom is 0.0471 e. The summed E-state index contributed by atoms with van der Waals surface area (Å²) in [5.74, 6) is 6.14. The fourth-order valence-electron chi connectivity index (χ4n) is 1.09. The molecule has 2 heteroatoms. The zero-order chi connectivity index (χ0) is 10.2. The molecule has 74 valence electrons. The normalized spacial score (nSPS) is 9.21. The van der Waals surface area contributed by atoms with E-state index in [-0.39, 0.29) is 0 Å². The highest BCUT2D eigenvalue weighted by molar-refractivity contribution is 5.46. The van der Waals surface area contributed by atoms with E-state index in [1.54, 1.807) is 7.11 Å². The van der Waals surface area contributed by atoms with E-state index in [1.807, 2.05) is 24.3 Å². The predicted octanol–water partition coefficient (Wildman–Crippen LogP) is 2.05. The van der Waals surface area contributed by atoms with Crippen LogP contribution >= 0.6 is 0 Å². The number of hydrogen-bond acceptors (Lipinski definition) is 2. The molecule has 0 radical (unpaired) electrons. The van der Waals surface area contributed by atoms with Crippen molar-refractivity contribution in [3.63, 3.8) is 0 Å². The summed E-state index contributed by atoms with van der Waals surface area (Å²) < 4.78 is 4.93. The highest BCUT2D eigenvalue weighted by Gasteiger charge is 1.86. The monoisotopic (exact) mass is 189 g/mol. The van der Waals surface area contributed by atoms with Crippen molar-refractivity contribution in [3.05, 3.63) is 29.8 Å². The van der Waals surface area contributed by atoms with Crippen molar-refractivity contribution in [2.24, 2.45) is 0 Å². The zero-order valence-electron chi connectivity index (χ0n) is 8.42. The Morgan fingerprint density at radius 3 is 3.00 bits per heavy atom. The van der Waals surface area contributed by atoms with E-state index >= 15 is 0 Å². The Labute approximate surface area is 85.1 Å². The maximum atomic E-state index is 5.62. The Morgan fingerprint density at radius 2 is 2.29 bits per heavy atom. The lowest BCUT2D eigenvalue weighted by molar-refractivity contribution is 0.196. The van der Waals surface area contributed by atoms with Gasteiger partial charge >= 0.3 is 0 Å². The first-order chi connectivity index (χ1) is 6.83. The van der Waals surface area contributed by atoms with E-state index in [0.717, 1.165) is 30.7 Å². The number of ether oxygens (including phenoxy) is 1. The fraction of sp³-hybridized carbons (Fsp3) is 0.333. The highest BCUT2D eigenvalue weighted by atomic mass is 16.5. The van der Waals surface area contributed by atoms with Gasteiger partial charge in [0.25, 0.3) is 0 Å². The van der Waals surface area contributed by atoms with E-state index < -0.39 is 0 Å². The van der Waals surface area contributed by atoms with Crippen molar-refractivity contribution in [3.8, 4) is 11.8 Å². The minimum absolute atomic E-state index is 0.758. The number of benzene rings is 1. The molecular formula is C12H15NO. The molecule has 0 atom stereocenters. The van der Waals surface area contributed by atoms with Gasteiger partial charge in [-0.2, -0.15) is 0 Å². The van der Waals surface area contributed by atoms with Gasteiger partial charge in [-0.1, -0.05) is 17.9 Å². The highest BCUT2D eigenvalue weighted by Crippen LogP contribution is 2.04. The second-order valence-electron chi connectivity index (χ2n) is 3.02. The van der Waals surface area contributed by atoms with Gasteiger partial charge in [-0.3, -0.25) is 0 Å². The first-order valence-corrected chi connectivity index (χ1v) is 4.66. The Balaban J connectivity index is 2.43. The van der Waals surface area contributed by atoms with Gasteiger partial charge in [0.15, 0.2) is 0 Å². The van der Waals surface area contributed by atoms with Gasteiger partial charge in [0.2, 0.25) is 0 Å². The molecule has 1 aromatic carbocycles. The molecule has 0 saturated carbocycles. The zero-order valence-corrected chi connectivity index (χ0v) is 8.42. The smallest absolute Gasteiger partial charge is 0.0471 e. The summed E-state index contributed by atoms with van der Waals surface area (Å²) in [6, 6.07) is 7.60. The minimum Gasteiger partial charge on any atom is -0.399 e. The fourth-order valence-corrected chi connectivity index (χ4v) is 1.09. The van der Waals surface area contributed by atoms with Crippen molar-refractivity contribution in [2.75, 3.05) is 19.5 Å². The molecule has 14 heavy (non-hydrogen) atoms. The Hall–Kier alpha value is -1.46. The molecule has 0 bridgehead atoms. The average molecular weight is 189 g/mol. The van der Waals surface area contributed by atoms with Crippen LogP contribution in [0.4, 0.5) is 5.69 Å².